The van der Waals surface area contributed by atoms with Crippen LogP contribution in [-0.4, -0.2) is 51.1 Å². The van der Waals surface area contributed by atoms with Crippen LogP contribution in [-0.2, 0) is 17.7 Å². The van der Waals surface area contributed by atoms with Crippen molar-refractivity contribution in [1.82, 2.24) is 19.9 Å². The Morgan fingerprint density at radius 2 is 2.03 bits per heavy atom. The number of nitrogens with one attached hydrogen (secondary N) is 1. The number of pyridine rings is 1. The van der Waals surface area contributed by atoms with Gasteiger partial charge in [-0.05, 0) is 51.2 Å². The number of hydrogen-bond acceptors (Lipinski definition) is 7. The number of hydrogen-bond donors (Lipinski definition) is 1. The van der Waals surface area contributed by atoms with Crippen molar-refractivity contribution in [3.8, 4) is 0 Å². The van der Waals surface area contributed by atoms with Crippen LogP contribution in [0, 0.1) is 6.92 Å². The van der Waals surface area contributed by atoms with E-state index in [9.17, 15) is 4.79 Å². The summed E-state index contributed by atoms with van der Waals surface area (Å²) < 4.78 is 11.4. The van der Waals surface area contributed by atoms with E-state index in [4.69, 9.17) is 14.1 Å². The maximum Gasteiger partial charge on any atom is 0.258 e. The number of amides is 1. The molecule has 3 aromatic heterocycles. The van der Waals surface area contributed by atoms with Crippen molar-refractivity contribution in [2.45, 2.75) is 64.0 Å². The van der Waals surface area contributed by atoms with Crippen molar-refractivity contribution in [1.29, 1.82) is 0 Å². The van der Waals surface area contributed by atoms with Gasteiger partial charge in [0.15, 0.2) is 0 Å². The first-order chi connectivity index (χ1) is 16.0. The number of fused-ring (bicyclic) bond motifs is 2. The van der Waals surface area contributed by atoms with Crippen LogP contribution in [0.5, 0.6) is 0 Å². The Hall–Kier alpha value is -3.00. The highest BCUT2D eigenvalue weighted by molar-refractivity contribution is 6.10. The van der Waals surface area contributed by atoms with Gasteiger partial charge in [0.1, 0.15) is 17.9 Å². The third-order valence-corrected chi connectivity index (χ3v) is 7.29. The Bertz CT molecular complexity index is 1230. The zero-order chi connectivity index (χ0) is 22.6. The molecule has 33 heavy (non-hydrogen) atoms. The fraction of sp³-hybridized carbons (Fsp3) is 0.520. The van der Waals surface area contributed by atoms with Crippen molar-refractivity contribution in [2.75, 3.05) is 25.1 Å². The molecule has 0 spiro atoms. The van der Waals surface area contributed by atoms with Gasteiger partial charge in [0.05, 0.1) is 10.9 Å². The Morgan fingerprint density at radius 3 is 2.82 bits per heavy atom. The molecule has 0 unspecified atom stereocenters. The number of aromatic nitrogens is 3. The average Bonchev–Trinajstić information content (AvgIpc) is 3.46. The molecule has 5 heterocycles. The average molecular weight is 448 g/mol. The molecule has 8 heteroatoms. The van der Waals surface area contributed by atoms with Gasteiger partial charge in [0, 0.05) is 55.6 Å². The molecule has 3 aromatic rings. The van der Waals surface area contributed by atoms with E-state index >= 15 is 0 Å². The van der Waals surface area contributed by atoms with E-state index in [2.05, 4.69) is 34.3 Å². The molecule has 1 saturated carbocycles. The fourth-order valence-corrected chi connectivity index (χ4v) is 4.98. The van der Waals surface area contributed by atoms with Gasteiger partial charge in [0.25, 0.3) is 5.91 Å². The molecule has 2 aliphatic heterocycles. The Labute approximate surface area is 192 Å². The molecule has 6 rings (SSSR count). The highest BCUT2D eigenvalue weighted by atomic mass is 16.5. The van der Waals surface area contributed by atoms with E-state index in [1.807, 2.05) is 11.8 Å². The molecule has 0 atom stereocenters. The van der Waals surface area contributed by atoms with E-state index in [1.165, 1.54) is 6.33 Å². The molecule has 0 aromatic carbocycles. The normalized spacial score (nSPS) is 20.0. The van der Waals surface area contributed by atoms with E-state index in [-0.39, 0.29) is 11.4 Å². The molecule has 172 valence electrons. The summed E-state index contributed by atoms with van der Waals surface area (Å²) in [5, 5.41) is 4.19. The van der Waals surface area contributed by atoms with Crippen LogP contribution in [0.2, 0.25) is 0 Å². The van der Waals surface area contributed by atoms with Gasteiger partial charge < -0.3 is 19.4 Å². The molecule has 0 bridgehead atoms. The van der Waals surface area contributed by atoms with Crippen LogP contribution in [0.4, 0.5) is 5.82 Å². The van der Waals surface area contributed by atoms with Crippen molar-refractivity contribution in [3.05, 3.63) is 46.7 Å². The first-order valence-electron chi connectivity index (χ1n) is 11.9. The molecule has 1 aliphatic carbocycles. The first-order valence-corrected chi connectivity index (χ1v) is 11.9. The van der Waals surface area contributed by atoms with Crippen LogP contribution >= 0.6 is 0 Å². The third kappa shape index (κ3) is 3.76. The SMILES string of the molecule is Cc1oc2ncnc(NC3(C)CC3)c2c1C(=O)N1CCc2nc(C3CCOCC3)ccc2C1. The van der Waals surface area contributed by atoms with Crippen LogP contribution in [0.15, 0.2) is 22.9 Å². The summed E-state index contributed by atoms with van der Waals surface area (Å²) in [5.74, 6) is 1.70. The topological polar surface area (TPSA) is 93.4 Å². The van der Waals surface area contributed by atoms with Crippen molar-refractivity contribution >= 4 is 22.8 Å². The van der Waals surface area contributed by atoms with Crippen LogP contribution in [0.3, 0.4) is 0 Å². The molecular weight excluding hydrogens is 418 g/mol. The van der Waals surface area contributed by atoms with Gasteiger partial charge in [-0.1, -0.05) is 6.07 Å². The molecular formula is C25H29N5O3. The summed E-state index contributed by atoms with van der Waals surface area (Å²) in [6.45, 7) is 6.80. The van der Waals surface area contributed by atoms with Crippen LogP contribution in [0.1, 0.15) is 71.6 Å². The number of anilines is 1. The number of rotatable bonds is 4. The summed E-state index contributed by atoms with van der Waals surface area (Å²) >= 11 is 0. The van der Waals surface area contributed by atoms with Crippen molar-refractivity contribution in [2.24, 2.45) is 0 Å². The Morgan fingerprint density at radius 1 is 1.21 bits per heavy atom. The van der Waals surface area contributed by atoms with E-state index in [0.717, 1.165) is 62.3 Å². The third-order valence-electron chi connectivity index (χ3n) is 7.29. The molecule has 1 amide bonds. The van der Waals surface area contributed by atoms with Gasteiger partial charge in [-0.2, -0.15) is 0 Å². The number of nitrogens with zero attached hydrogens (tertiary/aromatic N) is 4. The maximum absolute atomic E-state index is 13.7. The number of furan rings is 1. The summed E-state index contributed by atoms with van der Waals surface area (Å²) in [7, 11) is 0. The maximum atomic E-state index is 13.7. The van der Waals surface area contributed by atoms with Crippen LogP contribution < -0.4 is 5.32 Å². The van der Waals surface area contributed by atoms with Crippen LogP contribution in [0.25, 0.3) is 11.1 Å². The summed E-state index contributed by atoms with van der Waals surface area (Å²) in [6.07, 6.45) is 6.48. The number of carbonyl (C=O) groups is 1. The predicted molar refractivity (Wildman–Crippen MR) is 123 cm³/mol. The minimum Gasteiger partial charge on any atom is -0.442 e. The smallest absolute Gasteiger partial charge is 0.258 e. The number of ether oxygens (including phenoxy) is 1. The second-order valence-corrected chi connectivity index (χ2v) is 9.83. The summed E-state index contributed by atoms with van der Waals surface area (Å²) in [5.41, 5.74) is 4.45. The largest absolute Gasteiger partial charge is 0.442 e. The van der Waals surface area contributed by atoms with Gasteiger partial charge in [-0.25, -0.2) is 9.97 Å². The van der Waals surface area contributed by atoms with Gasteiger partial charge >= 0.3 is 0 Å². The number of aryl methyl sites for hydroxylation is 1. The van der Waals surface area contributed by atoms with Gasteiger partial charge in [-0.3, -0.25) is 9.78 Å². The van der Waals surface area contributed by atoms with Crippen molar-refractivity contribution in [3.63, 3.8) is 0 Å². The minimum atomic E-state index is -0.0378. The second kappa shape index (κ2) is 7.80. The lowest BCUT2D eigenvalue weighted by atomic mass is 9.94. The Balaban J connectivity index is 1.28. The highest BCUT2D eigenvalue weighted by Crippen LogP contribution is 2.40. The highest BCUT2D eigenvalue weighted by Gasteiger charge is 2.39. The molecule has 3 aliphatic rings. The molecule has 1 N–H and O–H groups in total. The summed E-state index contributed by atoms with van der Waals surface area (Å²) in [4.78, 5) is 29.3. The standard InChI is InChI=1S/C25H29N5O3/c1-15-20(21-22(29-25(2)8-9-25)26-14-27-23(21)33-15)24(31)30-10-5-19-17(13-30)3-4-18(28-19)16-6-11-32-12-7-16/h3-4,14,16H,5-13H2,1-2H3,(H,26,27,29). The molecule has 2 fully saturated rings. The van der Waals surface area contributed by atoms with E-state index in [0.29, 0.717) is 47.2 Å². The lowest BCUT2D eigenvalue weighted by Gasteiger charge is -2.29. The first kappa shape index (κ1) is 20.6. The summed E-state index contributed by atoms with van der Waals surface area (Å²) in [6, 6.07) is 4.28. The van der Waals surface area contributed by atoms with Gasteiger partial charge in [0.2, 0.25) is 5.71 Å². The predicted octanol–water partition coefficient (Wildman–Crippen LogP) is 3.98. The minimum absolute atomic E-state index is 0.0324. The van der Waals surface area contributed by atoms with Gasteiger partial charge in [-0.15, -0.1) is 0 Å². The molecule has 8 nitrogen and oxygen atoms in total. The fourth-order valence-electron chi connectivity index (χ4n) is 4.98. The monoisotopic (exact) mass is 447 g/mol. The second-order valence-electron chi connectivity index (χ2n) is 9.83. The Kier molecular flexibility index (Phi) is 4.87. The van der Waals surface area contributed by atoms with E-state index in [1.54, 1.807) is 0 Å². The van der Waals surface area contributed by atoms with Crippen molar-refractivity contribution < 1.29 is 13.9 Å². The molecule has 1 saturated heterocycles. The zero-order valence-electron chi connectivity index (χ0n) is 19.2. The number of carbonyl (C=O) groups excluding carboxylic acids is 1. The van der Waals surface area contributed by atoms with E-state index < -0.39 is 0 Å². The zero-order valence-corrected chi connectivity index (χ0v) is 19.2. The lowest BCUT2D eigenvalue weighted by molar-refractivity contribution is 0.0732. The lowest BCUT2D eigenvalue weighted by Crippen LogP contribution is -2.36. The quantitative estimate of drug-likeness (QED) is 0.646. The molecule has 0 radical (unpaired) electrons.